The lowest BCUT2D eigenvalue weighted by Gasteiger charge is -2.35. The number of ketones is 1. The van der Waals surface area contributed by atoms with Crippen molar-refractivity contribution in [2.45, 2.75) is 33.2 Å². The predicted octanol–water partition coefficient (Wildman–Crippen LogP) is 1.57. The molecule has 0 aromatic carbocycles. The van der Waals surface area contributed by atoms with Gasteiger partial charge >= 0.3 is 11.8 Å². The fourth-order valence-corrected chi connectivity index (χ4v) is 3.18. The van der Waals surface area contributed by atoms with Crippen LogP contribution in [0.25, 0.3) is 0 Å². The second-order valence-electron chi connectivity index (χ2n) is 5.36. The summed E-state index contributed by atoms with van der Waals surface area (Å²) in [4.78, 5) is 40.9. The molecule has 2 rings (SSSR count). The number of piperazine rings is 1. The monoisotopic (exact) mass is 308 g/mol. The van der Waals surface area contributed by atoms with Crippen molar-refractivity contribution < 1.29 is 14.4 Å². The Morgan fingerprint density at radius 1 is 1.24 bits per heavy atom. The molecule has 21 heavy (non-hydrogen) atoms. The molecule has 1 saturated heterocycles. The molecule has 0 saturated carbocycles. The summed E-state index contributed by atoms with van der Waals surface area (Å²) in [6.07, 6.45) is 0.891. The van der Waals surface area contributed by atoms with Crippen molar-refractivity contribution in [1.29, 1.82) is 0 Å². The van der Waals surface area contributed by atoms with E-state index in [1.807, 2.05) is 26.8 Å². The molecular formula is C15H20N2O3S. The lowest BCUT2D eigenvalue weighted by Crippen LogP contribution is -2.57. The van der Waals surface area contributed by atoms with Crippen LogP contribution in [0.15, 0.2) is 12.1 Å². The molecule has 2 amide bonds. The first-order valence-corrected chi connectivity index (χ1v) is 7.97. The number of carbonyl (C=O) groups is 3. The molecule has 1 fully saturated rings. The molecule has 0 bridgehead atoms. The minimum atomic E-state index is -0.574. The molecule has 0 radical (unpaired) electrons. The summed E-state index contributed by atoms with van der Waals surface area (Å²) in [7, 11) is 0. The first-order chi connectivity index (χ1) is 9.93. The molecule has 0 spiro atoms. The molecule has 0 atom stereocenters. The molecule has 6 heteroatoms. The van der Waals surface area contributed by atoms with E-state index in [9.17, 15) is 14.4 Å². The van der Waals surface area contributed by atoms with Crippen molar-refractivity contribution in [3.63, 3.8) is 0 Å². The minimum absolute atomic E-state index is 0.00344. The highest BCUT2D eigenvalue weighted by atomic mass is 32.1. The van der Waals surface area contributed by atoms with Crippen molar-refractivity contribution in [2.75, 3.05) is 19.6 Å². The fraction of sp³-hybridized carbons (Fsp3) is 0.533. The Bertz CT molecular complexity index is 565. The van der Waals surface area contributed by atoms with Gasteiger partial charge in [0.15, 0.2) is 5.78 Å². The van der Waals surface area contributed by atoms with Gasteiger partial charge in [-0.05, 0) is 32.4 Å². The van der Waals surface area contributed by atoms with Gasteiger partial charge in [-0.3, -0.25) is 14.4 Å². The van der Waals surface area contributed by atoms with Gasteiger partial charge in [-0.1, -0.05) is 6.92 Å². The van der Waals surface area contributed by atoms with Gasteiger partial charge in [-0.25, -0.2) is 0 Å². The first kappa shape index (κ1) is 15.7. The van der Waals surface area contributed by atoms with Crippen molar-refractivity contribution in [2.24, 2.45) is 0 Å². The molecule has 2 heterocycles. The van der Waals surface area contributed by atoms with Crippen molar-refractivity contribution in [3.8, 4) is 0 Å². The van der Waals surface area contributed by atoms with Crippen molar-refractivity contribution in [1.82, 2.24) is 9.80 Å². The summed E-state index contributed by atoms with van der Waals surface area (Å²) < 4.78 is 0. The molecule has 1 aliphatic heterocycles. The van der Waals surface area contributed by atoms with Crippen molar-refractivity contribution >= 4 is 28.9 Å². The van der Waals surface area contributed by atoms with Crippen LogP contribution in [0.5, 0.6) is 0 Å². The fourth-order valence-electron chi connectivity index (χ4n) is 2.30. The maximum absolute atomic E-state index is 12.2. The van der Waals surface area contributed by atoms with Gasteiger partial charge in [0.05, 0.1) is 11.4 Å². The zero-order valence-electron chi connectivity index (χ0n) is 12.6. The van der Waals surface area contributed by atoms with Gasteiger partial charge < -0.3 is 9.80 Å². The van der Waals surface area contributed by atoms with Crippen molar-refractivity contribution in [3.05, 3.63) is 21.9 Å². The van der Waals surface area contributed by atoms with Crippen LogP contribution in [0.2, 0.25) is 0 Å². The summed E-state index contributed by atoms with van der Waals surface area (Å²) in [5, 5.41) is 0. The Kier molecular flexibility index (Phi) is 4.77. The number of nitrogens with zero attached hydrogens (tertiary/aromatic N) is 2. The Labute approximate surface area is 128 Å². The van der Waals surface area contributed by atoms with E-state index in [-0.39, 0.29) is 18.4 Å². The molecule has 114 valence electrons. The average molecular weight is 308 g/mol. The molecule has 1 aromatic heterocycles. The Morgan fingerprint density at radius 2 is 1.95 bits per heavy atom. The summed E-state index contributed by atoms with van der Waals surface area (Å²) in [6, 6.07) is 3.73. The zero-order valence-corrected chi connectivity index (χ0v) is 13.4. The van der Waals surface area contributed by atoms with Gasteiger partial charge in [-0.15, -0.1) is 11.3 Å². The molecule has 1 aliphatic rings. The van der Waals surface area contributed by atoms with E-state index in [0.29, 0.717) is 18.0 Å². The lowest BCUT2D eigenvalue weighted by molar-refractivity contribution is -0.156. The summed E-state index contributed by atoms with van der Waals surface area (Å²) >= 11 is 1.45. The van der Waals surface area contributed by atoms with Crippen LogP contribution in [0.4, 0.5) is 0 Å². The third kappa shape index (κ3) is 3.32. The van der Waals surface area contributed by atoms with E-state index in [1.54, 1.807) is 11.0 Å². The SMILES string of the molecule is CCc1ccc(C(=O)CN2CCN(C(C)C)C(=O)C2=O)s1. The smallest absolute Gasteiger partial charge is 0.312 e. The second kappa shape index (κ2) is 6.39. The summed E-state index contributed by atoms with van der Waals surface area (Å²) in [6.45, 7) is 6.68. The summed E-state index contributed by atoms with van der Waals surface area (Å²) in [5.74, 6) is -1.18. The Hall–Kier alpha value is -1.69. The van der Waals surface area contributed by atoms with Gasteiger partial charge in [0, 0.05) is 24.0 Å². The maximum Gasteiger partial charge on any atom is 0.312 e. The van der Waals surface area contributed by atoms with Crippen LogP contribution in [0, 0.1) is 0 Å². The number of Topliss-reactive ketones (excluding diaryl/α,β-unsaturated/α-hetero) is 1. The highest BCUT2D eigenvalue weighted by Gasteiger charge is 2.34. The quantitative estimate of drug-likeness (QED) is 0.613. The number of carbonyl (C=O) groups excluding carboxylic acids is 3. The third-order valence-corrected chi connectivity index (χ3v) is 4.86. The maximum atomic E-state index is 12.2. The van der Waals surface area contributed by atoms with E-state index >= 15 is 0 Å². The first-order valence-electron chi connectivity index (χ1n) is 7.15. The number of aryl methyl sites for hydroxylation is 1. The molecule has 5 nitrogen and oxygen atoms in total. The molecule has 0 aliphatic carbocycles. The topological polar surface area (TPSA) is 57.7 Å². The number of amides is 2. The molecule has 1 aromatic rings. The highest BCUT2D eigenvalue weighted by molar-refractivity contribution is 7.14. The molecule has 0 unspecified atom stereocenters. The largest absolute Gasteiger partial charge is 0.330 e. The normalized spacial score (nSPS) is 16.0. The molecule has 0 N–H and O–H groups in total. The summed E-state index contributed by atoms with van der Waals surface area (Å²) in [5.41, 5.74) is 0. The van der Waals surface area contributed by atoms with Crippen LogP contribution in [-0.4, -0.2) is 53.1 Å². The minimum Gasteiger partial charge on any atom is -0.330 e. The Morgan fingerprint density at radius 3 is 2.52 bits per heavy atom. The van der Waals surface area contributed by atoms with Gasteiger partial charge in [0.2, 0.25) is 0 Å². The lowest BCUT2D eigenvalue weighted by atomic mass is 10.2. The number of hydrogen-bond donors (Lipinski definition) is 0. The van der Waals surface area contributed by atoms with Crippen LogP contribution in [0.3, 0.4) is 0 Å². The van der Waals surface area contributed by atoms with Crippen LogP contribution in [0.1, 0.15) is 35.3 Å². The van der Waals surface area contributed by atoms with Crippen LogP contribution < -0.4 is 0 Å². The average Bonchev–Trinajstić information content (AvgIpc) is 2.92. The number of thiophene rings is 1. The van der Waals surface area contributed by atoms with E-state index in [4.69, 9.17) is 0 Å². The number of hydrogen-bond acceptors (Lipinski definition) is 4. The van der Waals surface area contributed by atoms with Crippen LogP contribution >= 0.6 is 11.3 Å². The highest BCUT2D eigenvalue weighted by Crippen LogP contribution is 2.18. The third-order valence-electron chi connectivity index (χ3n) is 3.58. The van der Waals surface area contributed by atoms with E-state index in [2.05, 4.69) is 0 Å². The standard InChI is InChI=1S/C15H20N2O3S/c1-4-11-5-6-13(21-11)12(18)9-16-7-8-17(10(2)3)15(20)14(16)19/h5-6,10H,4,7-9H2,1-3H3. The van der Waals surface area contributed by atoms with E-state index in [1.165, 1.54) is 16.2 Å². The number of rotatable bonds is 5. The van der Waals surface area contributed by atoms with Gasteiger partial charge in [0.1, 0.15) is 0 Å². The van der Waals surface area contributed by atoms with Gasteiger partial charge in [0.25, 0.3) is 0 Å². The van der Waals surface area contributed by atoms with E-state index < -0.39 is 11.8 Å². The zero-order chi connectivity index (χ0) is 15.6. The van der Waals surface area contributed by atoms with Crippen LogP contribution in [-0.2, 0) is 16.0 Å². The Balaban J connectivity index is 2.02. The second-order valence-corrected chi connectivity index (χ2v) is 6.53. The van der Waals surface area contributed by atoms with E-state index in [0.717, 1.165) is 11.3 Å². The molecular weight excluding hydrogens is 288 g/mol. The van der Waals surface area contributed by atoms with Gasteiger partial charge in [-0.2, -0.15) is 0 Å². The predicted molar refractivity (Wildman–Crippen MR) is 81.5 cm³/mol.